The Kier molecular flexibility index (Phi) is 6.69. The molecule has 0 aliphatic carbocycles. The Morgan fingerprint density at radius 2 is 2.18 bits per heavy atom. The summed E-state index contributed by atoms with van der Waals surface area (Å²) in [5, 5.41) is 20.7. The SMILES string of the molecule is Cc1cc(CC(CCCNCO)C2=CC(C(F)F)=NC3NC=NN23)c(C)cn1. The normalized spacial score (nSPS) is 19.4. The van der Waals surface area contributed by atoms with Crippen LogP contribution < -0.4 is 10.6 Å². The number of halogens is 2. The molecular weight excluding hydrogens is 366 g/mol. The first kappa shape index (κ1) is 20.3. The van der Waals surface area contributed by atoms with Gasteiger partial charge >= 0.3 is 0 Å². The van der Waals surface area contributed by atoms with E-state index in [4.69, 9.17) is 5.11 Å². The second-order valence-corrected chi connectivity index (χ2v) is 7.01. The molecule has 2 aliphatic rings. The van der Waals surface area contributed by atoms with Crippen molar-refractivity contribution in [1.29, 1.82) is 0 Å². The number of pyridine rings is 1. The number of nitrogens with zero attached hydrogens (tertiary/aromatic N) is 4. The molecule has 3 rings (SSSR count). The maximum Gasteiger partial charge on any atom is 0.280 e. The fraction of sp³-hybridized carbons (Fsp3) is 0.526. The zero-order chi connectivity index (χ0) is 20.1. The van der Waals surface area contributed by atoms with Crippen molar-refractivity contribution < 1.29 is 13.9 Å². The van der Waals surface area contributed by atoms with Crippen molar-refractivity contribution in [3.05, 3.63) is 40.9 Å². The molecule has 0 aromatic carbocycles. The molecule has 2 aliphatic heterocycles. The van der Waals surface area contributed by atoms with E-state index in [0.717, 1.165) is 35.4 Å². The van der Waals surface area contributed by atoms with Crippen LogP contribution in [0.3, 0.4) is 0 Å². The van der Waals surface area contributed by atoms with Crippen molar-refractivity contribution in [1.82, 2.24) is 20.6 Å². The average Bonchev–Trinajstić information content (AvgIpc) is 3.15. The molecule has 152 valence electrons. The molecule has 0 saturated carbocycles. The maximum absolute atomic E-state index is 13.4. The van der Waals surface area contributed by atoms with Gasteiger partial charge in [-0.1, -0.05) is 0 Å². The number of allylic oxidation sites excluding steroid dienone is 2. The smallest absolute Gasteiger partial charge is 0.280 e. The summed E-state index contributed by atoms with van der Waals surface area (Å²) in [6.07, 6.45) is 3.78. The van der Waals surface area contributed by atoms with Crippen molar-refractivity contribution in [2.24, 2.45) is 16.0 Å². The van der Waals surface area contributed by atoms with Gasteiger partial charge in [0.05, 0.1) is 6.73 Å². The first-order valence-corrected chi connectivity index (χ1v) is 9.38. The molecule has 3 heterocycles. The van der Waals surface area contributed by atoms with Gasteiger partial charge in [0.25, 0.3) is 6.43 Å². The number of rotatable bonds is 9. The first-order chi connectivity index (χ1) is 13.5. The van der Waals surface area contributed by atoms with Crippen LogP contribution in [0.4, 0.5) is 8.78 Å². The Balaban J connectivity index is 1.89. The molecule has 0 spiro atoms. The Morgan fingerprint density at radius 3 is 2.93 bits per heavy atom. The van der Waals surface area contributed by atoms with E-state index in [1.165, 1.54) is 12.4 Å². The predicted octanol–water partition coefficient (Wildman–Crippen LogP) is 1.91. The summed E-state index contributed by atoms with van der Waals surface area (Å²) >= 11 is 0. The van der Waals surface area contributed by atoms with E-state index >= 15 is 0 Å². The number of aliphatic hydroxyl groups excluding tert-OH is 1. The van der Waals surface area contributed by atoms with Crippen LogP contribution in [0.15, 0.2) is 34.1 Å². The monoisotopic (exact) mass is 392 g/mol. The summed E-state index contributed by atoms with van der Waals surface area (Å²) in [7, 11) is 0. The third-order valence-electron chi connectivity index (χ3n) is 4.95. The summed E-state index contributed by atoms with van der Waals surface area (Å²) in [5.74, 6) is -0.0233. The van der Waals surface area contributed by atoms with Crippen molar-refractivity contribution in [2.75, 3.05) is 13.3 Å². The highest BCUT2D eigenvalue weighted by Gasteiger charge is 2.34. The van der Waals surface area contributed by atoms with Crippen LogP contribution in [0, 0.1) is 19.8 Å². The molecule has 1 aromatic rings. The number of aliphatic imine (C=N–C) groups is 1. The van der Waals surface area contributed by atoms with Crippen LogP contribution in [0.5, 0.6) is 0 Å². The minimum absolute atomic E-state index is 0.0233. The van der Waals surface area contributed by atoms with Crippen LogP contribution in [-0.2, 0) is 6.42 Å². The number of aromatic nitrogens is 1. The topological polar surface area (TPSA) is 85.1 Å². The third kappa shape index (κ3) is 4.71. The lowest BCUT2D eigenvalue weighted by Crippen LogP contribution is -2.41. The van der Waals surface area contributed by atoms with E-state index < -0.39 is 12.7 Å². The molecule has 0 radical (unpaired) electrons. The van der Waals surface area contributed by atoms with Gasteiger partial charge in [-0.2, -0.15) is 5.10 Å². The van der Waals surface area contributed by atoms with Crippen molar-refractivity contribution >= 4 is 12.1 Å². The molecule has 3 N–H and O–H groups in total. The fourth-order valence-corrected chi connectivity index (χ4v) is 3.49. The van der Waals surface area contributed by atoms with Crippen LogP contribution in [0.25, 0.3) is 0 Å². The number of alkyl halides is 2. The summed E-state index contributed by atoms with van der Waals surface area (Å²) in [5.41, 5.74) is 3.64. The number of aryl methyl sites for hydroxylation is 2. The van der Waals surface area contributed by atoms with Crippen molar-refractivity contribution in [3.8, 4) is 0 Å². The molecule has 2 unspecified atom stereocenters. The Bertz CT molecular complexity index is 780. The minimum atomic E-state index is -2.64. The molecule has 0 bridgehead atoms. The number of fused-ring (bicyclic) bond motifs is 1. The lowest BCUT2D eigenvalue weighted by Gasteiger charge is -2.32. The molecule has 0 fully saturated rings. The summed E-state index contributed by atoms with van der Waals surface area (Å²) in [6, 6.07) is 2.04. The van der Waals surface area contributed by atoms with Gasteiger partial charge in [-0.05, 0) is 62.9 Å². The van der Waals surface area contributed by atoms with Crippen LogP contribution in [0.2, 0.25) is 0 Å². The standard InChI is InChI=1S/C19H26F2N6O/c1-12-9-23-13(2)6-15(12)7-14(4-3-5-22-11-28)17-8-16(18(20)21)26-19-24-10-25-27(17)19/h6,8-10,14,18-19,22,28H,3-5,7,11H2,1-2H3,(H,24,25). The largest absolute Gasteiger partial charge is 0.381 e. The van der Waals surface area contributed by atoms with Gasteiger partial charge in [0.2, 0.25) is 6.29 Å². The van der Waals surface area contributed by atoms with Gasteiger partial charge in [0, 0.05) is 23.5 Å². The van der Waals surface area contributed by atoms with Gasteiger partial charge in [-0.25, -0.2) is 18.8 Å². The fourth-order valence-electron chi connectivity index (χ4n) is 3.49. The van der Waals surface area contributed by atoms with Gasteiger partial charge in [-0.15, -0.1) is 0 Å². The predicted molar refractivity (Wildman–Crippen MR) is 104 cm³/mol. The van der Waals surface area contributed by atoms with Crippen molar-refractivity contribution in [3.63, 3.8) is 0 Å². The maximum atomic E-state index is 13.4. The lowest BCUT2D eigenvalue weighted by atomic mass is 9.88. The van der Waals surface area contributed by atoms with E-state index in [1.54, 1.807) is 5.01 Å². The molecule has 2 atom stereocenters. The molecule has 0 amide bonds. The second-order valence-electron chi connectivity index (χ2n) is 7.01. The van der Waals surface area contributed by atoms with E-state index in [-0.39, 0.29) is 18.4 Å². The lowest BCUT2D eigenvalue weighted by molar-refractivity contribution is 0.208. The number of hydrogen-bond acceptors (Lipinski definition) is 7. The molecule has 0 saturated heterocycles. The zero-order valence-corrected chi connectivity index (χ0v) is 16.1. The molecule has 28 heavy (non-hydrogen) atoms. The van der Waals surface area contributed by atoms with Crippen LogP contribution in [0.1, 0.15) is 29.7 Å². The average molecular weight is 392 g/mol. The Morgan fingerprint density at radius 1 is 1.36 bits per heavy atom. The highest BCUT2D eigenvalue weighted by molar-refractivity contribution is 5.99. The van der Waals surface area contributed by atoms with E-state index in [0.29, 0.717) is 13.0 Å². The van der Waals surface area contributed by atoms with Gasteiger partial charge in [-0.3, -0.25) is 10.3 Å². The molecule has 7 nitrogen and oxygen atoms in total. The number of nitrogens with one attached hydrogen (secondary N) is 2. The van der Waals surface area contributed by atoms with E-state index in [1.807, 2.05) is 26.1 Å². The molecular formula is C19H26F2N6O. The zero-order valence-electron chi connectivity index (χ0n) is 16.1. The molecule has 9 heteroatoms. The highest BCUT2D eigenvalue weighted by Crippen LogP contribution is 2.31. The number of hydrazone groups is 1. The summed E-state index contributed by atoms with van der Waals surface area (Å²) in [4.78, 5) is 8.37. The number of aliphatic hydroxyl groups is 1. The summed E-state index contributed by atoms with van der Waals surface area (Å²) in [6.45, 7) is 4.51. The van der Waals surface area contributed by atoms with E-state index in [2.05, 4.69) is 25.7 Å². The van der Waals surface area contributed by atoms with Gasteiger partial charge in [0.1, 0.15) is 12.1 Å². The Labute approximate surface area is 163 Å². The molecule has 1 aromatic heterocycles. The quantitative estimate of drug-likeness (QED) is 0.442. The van der Waals surface area contributed by atoms with Crippen LogP contribution >= 0.6 is 0 Å². The number of hydrogen-bond donors (Lipinski definition) is 3. The first-order valence-electron chi connectivity index (χ1n) is 9.38. The van der Waals surface area contributed by atoms with Gasteiger partial charge < -0.3 is 10.4 Å². The third-order valence-corrected chi connectivity index (χ3v) is 4.95. The summed E-state index contributed by atoms with van der Waals surface area (Å²) < 4.78 is 26.8. The minimum Gasteiger partial charge on any atom is -0.381 e. The van der Waals surface area contributed by atoms with Crippen LogP contribution in [-0.4, -0.2) is 53.1 Å². The Hall–Kier alpha value is -2.39. The van der Waals surface area contributed by atoms with Crippen molar-refractivity contribution in [2.45, 2.75) is 45.8 Å². The van der Waals surface area contributed by atoms with Gasteiger partial charge in [0.15, 0.2) is 0 Å². The second kappa shape index (κ2) is 9.20. The highest BCUT2D eigenvalue weighted by atomic mass is 19.3. The van der Waals surface area contributed by atoms with E-state index in [9.17, 15) is 8.78 Å².